The van der Waals surface area contributed by atoms with Gasteiger partial charge in [0.2, 0.25) is 0 Å². The van der Waals surface area contributed by atoms with Gasteiger partial charge in [0.25, 0.3) is 11.5 Å². The molecule has 22 heavy (non-hydrogen) atoms. The van der Waals surface area contributed by atoms with E-state index in [0.717, 1.165) is 6.26 Å². The molecule has 9 heteroatoms. The first kappa shape index (κ1) is 17.9. The molecule has 0 saturated heterocycles. The van der Waals surface area contributed by atoms with Crippen molar-refractivity contribution < 1.29 is 23.1 Å². The van der Waals surface area contributed by atoms with E-state index in [2.05, 4.69) is 10.3 Å². The van der Waals surface area contributed by atoms with Crippen molar-refractivity contribution in [3.8, 4) is 0 Å². The van der Waals surface area contributed by atoms with Crippen molar-refractivity contribution in [1.29, 1.82) is 0 Å². The van der Waals surface area contributed by atoms with Gasteiger partial charge >= 0.3 is 5.97 Å². The summed E-state index contributed by atoms with van der Waals surface area (Å²) < 4.78 is 22.2. The Morgan fingerprint density at radius 2 is 1.95 bits per heavy atom. The Hall–Kier alpha value is -2.16. The third-order valence-electron chi connectivity index (χ3n) is 3.12. The van der Waals surface area contributed by atoms with Crippen molar-refractivity contribution >= 4 is 21.7 Å². The molecule has 0 radical (unpaired) electrons. The molecule has 1 aromatic heterocycles. The predicted octanol–water partition coefficient (Wildman–Crippen LogP) is -0.391. The molecule has 1 atom stereocenters. The van der Waals surface area contributed by atoms with Gasteiger partial charge in [-0.25, -0.2) is 13.2 Å². The molecule has 0 aliphatic heterocycles. The number of aryl methyl sites for hydroxylation is 2. The Balaban J connectivity index is 2.95. The smallest absolute Gasteiger partial charge is 0.326 e. The summed E-state index contributed by atoms with van der Waals surface area (Å²) in [5, 5.41) is 11.2. The second-order valence-corrected chi connectivity index (χ2v) is 7.36. The minimum atomic E-state index is -3.36. The van der Waals surface area contributed by atoms with E-state index in [1.54, 1.807) is 13.8 Å². The van der Waals surface area contributed by atoms with Crippen molar-refractivity contribution in [1.82, 2.24) is 10.3 Å². The second-order valence-electron chi connectivity index (χ2n) is 5.10. The number of aromatic nitrogens is 1. The minimum absolute atomic E-state index is 0.214. The van der Waals surface area contributed by atoms with Gasteiger partial charge < -0.3 is 15.4 Å². The number of amides is 1. The molecule has 0 saturated carbocycles. The molecule has 0 unspecified atom stereocenters. The highest BCUT2D eigenvalue weighted by atomic mass is 32.2. The molecule has 1 aromatic rings. The van der Waals surface area contributed by atoms with E-state index in [-0.39, 0.29) is 17.7 Å². The highest BCUT2D eigenvalue weighted by Crippen LogP contribution is 2.04. The zero-order chi connectivity index (χ0) is 17.1. The topological polar surface area (TPSA) is 133 Å². The number of pyridine rings is 1. The number of aromatic amines is 1. The molecule has 122 valence electrons. The second kappa shape index (κ2) is 6.73. The van der Waals surface area contributed by atoms with Crippen LogP contribution in [0.1, 0.15) is 28.0 Å². The molecule has 1 heterocycles. The average molecular weight is 330 g/mol. The van der Waals surface area contributed by atoms with Crippen LogP contribution in [-0.4, -0.2) is 48.4 Å². The summed E-state index contributed by atoms with van der Waals surface area (Å²) in [5.74, 6) is -2.60. The minimum Gasteiger partial charge on any atom is -0.480 e. The molecule has 8 nitrogen and oxygen atoms in total. The lowest BCUT2D eigenvalue weighted by molar-refractivity contribution is -0.139. The Kier molecular flexibility index (Phi) is 5.48. The summed E-state index contributed by atoms with van der Waals surface area (Å²) in [4.78, 5) is 37.3. The zero-order valence-electron chi connectivity index (χ0n) is 12.5. The molecular formula is C13H18N2O6S. The molecule has 0 bridgehead atoms. The van der Waals surface area contributed by atoms with E-state index in [1.807, 2.05) is 0 Å². The quantitative estimate of drug-likeness (QED) is 0.650. The van der Waals surface area contributed by atoms with Crippen molar-refractivity contribution in [3.05, 3.63) is 33.2 Å². The molecular weight excluding hydrogens is 312 g/mol. The number of rotatable bonds is 6. The number of nitrogens with one attached hydrogen (secondary N) is 2. The number of H-pyrrole nitrogens is 1. The fourth-order valence-electron chi connectivity index (χ4n) is 1.72. The third kappa shape index (κ3) is 4.99. The van der Waals surface area contributed by atoms with E-state index >= 15 is 0 Å². The van der Waals surface area contributed by atoms with Gasteiger partial charge in [-0.15, -0.1) is 0 Å². The predicted molar refractivity (Wildman–Crippen MR) is 79.8 cm³/mol. The highest BCUT2D eigenvalue weighted by Gasteiger charge is 2.23. The third-order valence-corrected chi connectivity index (χ3v) is 4.10. The van der Waals surface area contributed by atoms with Crippen molar-refractivity contribution in [2.24, 2.45) is 0 Å². The summed E-state index contributed by atoms with van der Waals surface area (Å²) in [5.41, 5.74) is 0.433. The van der Waals surface area contributed by atoms with Crippen LogP contribution in [0.3, 0.4) is 0 Å². The first-order valence-electron chi connectivity index (χ1n) is 6.43. The van der Waals surface area contributed by atoms with E-state index in [9.17, 15) is 22.8 Å². The molecule has 1 rings (SSSR count). The number of carbonyl (C=O) groups is 2. The number of carboxylic acids is 1. The summed E-state index contributed by atoms with van der Waals surface area (Å²) >= 11 is 0. The maximum Gasteiger partial charge on any atom is 0.326 e. The standard InChI is InChI=1S/C13H18N2O6S/c1-7-6-9(11(16)14-8(7)2)12(17)15-10(13(18)19)4-5-22(3,20)21/h6,10H,4-5H2,1-3H3,(H,14,16)(H,15,17)(H,18,19)/t10-/m0/s1. The molecule has 0 aliphatic carbocycles. The molecule has 3 N–H and O–H groups in total. The Morgan fingerprint density at radius 3 is 2.45 bits per heavy atom. The van der Waals surface area contributed by atoms with Gasteiger partial charge in [-0.2, -0.15) is 0 Å². The van der Waals surface area contributed by atoms with Crippen LogP contribution in [0, 0.1) is 13.8 Å². The number of aliphatic carboxylic acids is 1. The van der Waals surface area contributed by atoms with E-state index in [1.165, 1.54) is 6.07 Å². The van der Waals surface area contributed by atoms with Gasteiger partial charge in [0.05, 0.1) is 5.75 Å². The van der Waals surface area contributed by atoms with Gasteiger partial charge in [-0.1, -0.05) is 0 Å². The Labute approximate surface area is 127 Å². The van der Waals surface area contributed by atoms with E-state index in [0.29, 0.717) is 11.3 Å². The molecule has 0 fully saturated rings. The van der Waals surface area contributed by atoms with Crippen LogP contribution in [0.25, 0.3) is 0 Å². The lowest BCUT2D eigenvalue weighted by atomic mass is 10.1. The van der Waals surface area contributed by atoms with Gasteiger partial charge in [0.1, 0.15) is 21.4 Å². The molecule has 0 aliphatic rings. The summed E-state index contributed by atoms with van der Waals surface area (Å²) in [6.07, 6.45) is 0.699. The van der Waals surface area contributed by atoms with Gasteiger partial charge in [-0.3, -0.25) is 9.59 Å². The monoisotopic (exact) mass is 330 g/mol. The van der Waals surface area contributed by atoms with E-state index < -0.39 is 33.3 Å². The SMILES string of the molecule is Cc1cc(C(=O)N[C@@H](CCS(C)(=O)=O)C(=O)O)c(=O)[nH]c1C. The molecule has 0 spiro atoms. The van der Waals surface area contributed by atoms with Crippen LogP contribution < -0.4 is 10.9 Å². The first-order chi connectivity index (χ1) is 10.0. The zero-order valence-corrected chi connectivity index (χ0v) is 13.3. The Morgan fingerprint density at radius 1 is 1.36 bits per heavy atom. The Bertz CT molecular complexity index is 750. The number of hydrogen-bond acceptors (Lipinski definition) is 5. The van der Waals surface area contributed by atoms with Crippen molar-refractivity contribution in [2.45, 2.75) is 26.3 Å². The number of sulfone groups is 1. The van der Waals surface area contributed by atoms with Crippen LogP contribution in [0.4, 0.5) is 0 Å². The normalized spacial score (nSPS) is 12.7. The van der Waals surface area contributed by atoms with E-state index in [4.69, 9.17) is 5.11 Å². The van der Waals surface area contributed by atoms with Gasteiger partial charge in [0.15, 0.2) is 0 Å². The lowest BCUT2D eigenvalue weighted by Crippen LogP contribution is -2.43. The van der Waals surface area contributed by atoms with Crippen LogP contribution >= 0.6 is 0 Å². The average Bonchev–Trinajstić information content (AvgIpc) is 2.37. The number of carbonyl (C=O) groups excluding carboxylic acids is 1. The first-order valence-corrected chi connectivity index (χ1v) is 8.49. The van der Waals surface area contributed by atoms with Crippen molar-refractivity contribution in [3.63, 3.8) is 0 Å². The van der Waals surface area contributed by atoms with Crippen LogP contribution in [-0.2, 0) is 14.6 Å². The van der Waals surface area contributed by atoms with Crippen molar-refractivity contribution in [2.75, 3.05) is 12.0 Å². The summed E-state index contributed by atoms with van der Waals surface area (Å²) in [6, 6.07) is -0.0258. The van der Waals surface area contributed by atoms with Gasteiger partial charge in [-0.05, 0) is 31.9 Å². The number of carboxylic acid groups (broad SMARTS) is 1. The van der Waals surface area contributed by atoms with Crippen LogP contribution in [0.15, 0.2) is 10.9 Å². The fraction of sp³-hybridized carbons (Fsp3) is 0.462. The summed E-state index contributed by atoms with van der Waals surface area (Å²) in [7, 11) is -3.36. The fourth-order valence-corrected chi connectivity index (χ4v) is 2.38. The maximum absolute atomic E-state index is 12.0. The highest BCUT2D eigenvalue weighted by molar-refractivity contribution is 7.90. The maximum atomic E-state index is 12.0. The number of hydrogen-bond donors (Lipinski definition) is 3. The molecule has 1 amide bonds. The summed E-state index contributed by atoms with van der Waals surface area (Å²) in [6.45, 7) is 3.37. The van der Waals surface area contributed by atoms with Gasteiger partial charge in [0, 0.05) is 11.9 Å². The lowest BCUT2D eigenvalue weighted by Gasteiger charge is -2.14. The largest absolute Gasteiger partial charge is 0.480 e. The molecule has 0 aromatic carbocycles. The van der Waals surface area contributed by atoms with Crippen LogP contribution in [0.2, 0.25) is 0 Å². The van der Waals surface area contributed by atoms with Crippen LogP contribution in [0.5, 0.6) is 0 Å².